The van der Waals surface area contributed by atoms with E-state index in [-0.39, 0.29) is 0 Å². The van der Waals surface area contributed by atoms with Gasteiger partial charge in [-0.2, -0.15) is 0 Å². The van der Waals surface area contributed by atoms with Crippen molar-refractivity contribution in [3.05, 3.63) is 44.8 Å². The Balaban J connectivity index is 0.000000132. The molecule has 0 unspecified atom stereocenters. The first-order chi connectivity index (χ1) is 6.33. The summed E-state index contributed by atoms with van der Waals surface area (Å²) in [6.45, 7) is 2.07. The fourth-order valence-corrected chi connectivity index (χ4v) is 1.54. The summed E-state index contributed by atoms with van der Waals surface area (Å²) in [4.78, 5) is 11.9. The molecular weight excluding hydrogens is 200 g/mol. The van der Waals surface area contributed by atoms with E-state index in [0.29, 0.717) is 0 Å². The summed E-state index contributed by atoms with van der Waals surface area (Å²) < 4.78 is 0. The molecule has 2 aromatic heterocycles. The third-order valence-corrected chi connectivity index (χ3v) is 2.65. The van der Waals surface area contributed by atoms with Crippen LogP contribution in [0.25, 0.3) is 0 Å². The number of aldehydes is 1. The quantitative estimate of drug-likeness (QED) is 0.658. The molecule has 2 rings (SSSR count). The molecule has 0 amide bonds. The molecule has 0 aliphatic carbocycles. The molecule has 0 aliphatic rings. The highest BCUT2D eigenvalue weighted by molar-refractivity contribution is 7.11. The van der Waals surface area contributed by atoms with E-state index >= 15 is 0 Å². The van der Waals surface area contributed by atoms with Crippen LogP contribution in [0.15, 0.2) is 24.3 Å². The van der Waals surface area contributed by atoms with Gasteiger partial charge in [0.25, 0.3) is 0 Å². The van der Waals surface area contributed by atoms with Crippen LogP contribution < -0.4 is 0 Å². The van der Waals surface area contributed by atoms with Crippen molar-refractivity contribution in [1.29, 1.82) is 0 Å². The lowest BCUT2D eigenvalue weighted by Crippen LogP contribution is -1.61. The van der Waals surface area contributed by atoms with Crippen molar-refractivity contribution in [3.63, 3.8) is 0 Å². The predicted molar refractivity (Wildman–Crippen MR) is 56.4 cm³/mol. The van der Waals surface area contributed by atoms with E-state index in [2.05, 4.69) is 17.7 Å². The summed E-state index contributed by atoms with van der Waals surface area (Å²) in [6.07, 6.45) is 0.821. The second-order valence-corrected chi connectivity index (χ2v) is 4.23. The van der Waals surface area contributed by atoms with Crippen LogP contribution in [0.3, 0.4) is 0 Å². The standard InChI is InChI=1S/C5H3OS.C5H5S/c6-4-5-2-1-3-7-5;1-5-3-2-4-6-5/h1-2,4H;2-3H,1H3. The molecule has 66 valence electrons. The number of carbonyl (C=O) groups excluding carboxylic acids is 1. The zero-order valence-corrected chi connectivity index (χ0v) is 8.74. The molecule has 0 fully saturated rings. The fraction of sp³-hybridized carbons (Fsp3) is 0.100. The molecule has 2 radical (unpaired) electrons. The monoisotopic (exact) mass is 208 g/mol. The van der Waals surface area contributed by atoms with Crippen molar-refractivity contribution in [1.82, 2.24) is 0 Å². The zero-order valence-electron chi connectivity index (χ0n) is 7.11. The molecule has 0 atom stereocenters. The maximum absolute atomic E-state index is 9.86. The van der Waals surface area contributed by atoms with Crippen LogP contribution in [0, 0.1) is 17.7 Å². The minimum Gasteiger partial charge on any atom is -0.297 e. The minimum absolute atomic E-state index is 0.736. The van der Waals surface area contributed by atoms with E-state index in [0.717, 1.165) is 11.2 Å². The molecule has 3 heteroatoms. The van der Waals surface area contributed by atoms with Gasteiger partial charge in [0.1, 0.15) is 0 Å². The Labute approximate surface area is 85.7 Å². The minimum atomic E-state index is 0.736. The molecule has 0 spiro atoms. The SMILES string of the molecule is Cc1cc[c]s1.O=Cc1cc[c]s1. The Kier molecular flexibility index (Phi) is 4.43. The largest absolute Gasteiger partial charge is 0.297 e. The van der Waals surface area contributed by atoms with Crippen molar-refractivity contribution < 1.29 is 4.79 Å². The lowest BCUT2D eigenvalue weighted by atomic mass is 10.5. The van der Waals surface area contributed by atoms with Gasteiger partial charge < -0.3 is 0 Å². The normalized spacial score (nSPS) is 8.69. The smallest absolute Gasteiger partial charge is 0.160 e. The average molecular weight is 208 g/mol. The first-order valence-electron chi connectivity index (χ1n) is 3.66. The number of rotatable bonds is 1. The maximum atomic E-state index is 9.86. The van der Waals surface area contributed by atoms with Crippen LogP contribution in [0.4, 0.5) is 0 Å². The van der Waals surface area contributed by atoms with Crippen molar-refractivity contribution in [2.75, 3.05) is 0 Å². The van der Waals surface area contributed by atoms with Crippen LogP contribution >= 0.6 is 22.7 Å². The highest BCUT2D eigenvalue weighted by Crippen LogP contribution is 2.03. The van der Waals surface area contributed by atoms with Crippen molar-refractivity contribution in [2.24, 2.45) is 0 Å². The molecule has 0 bridgehead atoms. The van der Waals surface area contributed by atoms with E-state index < -0.39 is 0 Å². The molecular formula is C10H8OS2. The van der Waals surface area contributed by atoms with Crippen molar-refractivity contribution >= 4 is 29.0 Å². The van der Waals surface area contributed by atoms with E-state index in [9.17, 15) is 4.79 Å². The average Bonchev–Trinajstić information content (AvgIpc) is 2.76. The summed E-state index contributed by atoms with van der Waals surface area (Å²) in [5, 5.41) is 5.76. The molecule has 13 heavy (non-hydrogen) atoms. The van der Waals surface area contributed by atoms with Gasteiger partial charge >= 0.3 is 0 Å². The number of aryl methyl sites for hydroxylation is 1. The Morgan fingerprint density at radius 2 is 1.92 bits per heavy atom. The van der Waals surface area contributed by atoms with E-state index in [1.54, 1.807) is 23.5 Å². The topological polar surface area (TPSA) is 17.1 Å². The van der Waals surface area contributed by atoms with Crippen LogP contribution in [0.5, 0.6) is 0 Å². The van der Waals surface area contributed by atoms with Gasteiger partial charge in [0, 0.05) is 15.6 Å². The van der Waals surface area contributed by atoms with E-state index in [1.807, 2.05) is 12.1 Å². The molecule has 0 aliphatic heterocycles. The predicted octanol–water partition coefficient (Wildman–Crippen LogP) is 3.22. The molecule has 0 saturated carbocycles. The van der Waals surface area contributed by atoms with Crippen molar-refractivity contribution in [2.45, 2.75) is 6.92 Å². The lowest BCUT2D eigenvalue weighted by Gasteiger charge is -1.65. The second kappa shape index (κ2) is 5.67. The Hall–Kier alpha value is -0.930. The van der Waals surface area contributed by atoms with Crippen LogP contribution in [0.2, 0.25) is 0 Å². The molecule has 1 nitrogen and oxygen atoms in total. The van der Waals surface area contributed by atoms with Crippen LogP contribution in [0.1, 0.15) is 14.5 Å². The lowest BCUT2D eigenvalue weighted by molar-refractivity contribution is 0.112. The Bertz CT molecular complexity index is 322. The maximum Gasteiger partial charge on any atom is 0.160 e. The number of carbonyl (C=O) groups is 1. The Morgan fingerprint density at radius 1 is 1.23 bits per heavy atom. The molecule has 2 aromatic rings. The fourth-order valence-electron chi connectivity index (χ4n) is 0.628. The van der Waals surface area contributed by atoms with E-state index in [4.69, 9.17) is 0 Å². The van der Waals surface area contributed by atoms with E-state index in [1.165, 1.54) is 16.2 Å². The van der Waals surface area contributed by atoms with Gasteiger partial charge in [0.05, 0.1) is 4.88 Å². The van der Waals surface area contributed by atoms with Gasteiger partial charge in [-0.05, 0) is 31.2 Å². The van der Waals surface area contributed by atoms with Gasteiger partial charge in [-0.1, -0.05) is 0 Å². The number of hydrogen-bond acceptors (Lipinski definition) is 3. The highest BCUT2D eigenvalue weighted by Gasteiger charge is 1.83. The highest BCUT2D eigenvalue weighted by atomic mass is 32.1. The summed E-state index contributed by atoms with van der Waals surface area (Å²) in [5.41, 5.74) is 0. The molecule has 0 N–H and O–H groups in total. The number of hydrogen-bond donors (Lipinski definition) is 0. The molecule has 2 heterocycles. The van der Waals surface area contributed by atoms with Gasteiger partial charge in [-0.15, -0.1) is 22.7 Å². The summed E-state index contributed by atoms with van der Waals surface area (Å²) in [6, 6.07) is 7.44. The summed E-state index contributed by atoms with van der Waals surface area (Å²) in [5.74, 6) is 0. The van der Waals surface area contributed by atoms with Crippen molar-refractivity contribution in [3.8, 4) is 0 Å². The third-order valence-electron chi connectivity index (χ3n) is 1.21. The van der Waals surface area contributed by atoms with Gasteiger partial charge in [-0.25, -0.2) is 0 Å². The second-order valence-electron chi connectivity index (χ2n) is 2.24. The first-order valence-corrected chi connectivity index (χ1v) is 5.30. The van der Waals surface area contributed by atoms with Gasteiger partial charge in [0.15, 0.2) is 6.29 Å². The van der Waals surface area contributed by atoms with Gasteiger partial charge in [-0.3, -0.25) is 4.79 Å². The summed E-state index contributed by atoms with van der Waals surface area (Å²) in [7, 11) is 0. The van der Waals surface area contributed by atoms with Gasteiger partial charge in [0.2, 0.25) is 0 Å². The Morgan fingerprint density at radius 3 is 2.15 bits per heavy atom. The zero-order chi connectivity index (χ0) is 9.52. The first kappa shape index (κ1) is 10.2. The van der Waals surface area contributed by atoms with Crippen LogP contribution in [-0.4, -0.2) is 6.29 Å². The molecule has 0 saturated heterocycles. The summed E-state index contributed by atoms with van der Waals surface area (Å²) >= 11 is 2.98. The van der Waals surface area contributed by atoms with Crippen LogP contribution in [-0.2, 0) is 0 Å². The molecule has 0 aromatic carbocycles. The third kappa shape index (κ3) is 4.01. The number of thiophene rings is 2.